The largest absolute Gasteiger partial charge is 0.385 e. The normalized spacial score (nSPS) is 25.8. The molecule has 0 saturated heterocycles. The fraction of sp³-hybridized carbons (Fsp3) is 0.615. The van der Waals surface area contributed by atoms with Gasteiger partial charge in [0.25, 0.3) is 0 Å². The molecule has 0 saturated carbocycles. The van der Waals surface area contributed by atoms with Crippen molar-refractivity contribution in [2.75, 3.05) is 0 Å². The predicted molar refractivity (Wildman–Crippen MR) is 64.1 cm³/mol. The molecule has 17 heavy (non-hydrogen) atoms. The molecule has 0 fully saturated rings. The Kier molecular flexibility index (Phi) is 3.62. The number of aliphatic hydroxyl groups excluding tert-OH is 1. The third-order valence-electron chi connectivity index (χ3n) is 3.07. The first-order valence-corrected chi connectivity index (χ1v) is 5.62. The first-order chi connectivity index (χ1) is 7.54. The van der Waals surface area contributed by atoms with Crippen molar-refractivity contribution in [2.45, 2.75) is 46.0 Å². The SMILES string of the molecule is CC1=C(/C=C/C(C)(O)O)C(C)(C)CC(O)C1=O. The van der Waals surface area contributed by atoms with Crippen molar-refractivity contribution >= 4 is 5.78 Å². The van der Waals surface area contributed by atoms with Gasteiger partial charge < -0.3 is 15.3 Å². The van der Waals surface area contributed by atoms with Gasteiger partial charge in [-0.2, -0.15) is 0 Å². The second-order valence-corrected chi connectivity index (χ2v) is 5.43. The summed E-state index contributed by atoms with van der Waals surface area (Å²) < 4.78 is 0. The van der Waals surface area contributed by atoms with Crippen molar-refractivity contribution in [1.82, 2.24) is 0 Å². The molecular weight excluding hydrogens is 220 g/mol. The number of rotatable bonds is 2. The summed E-state index contributed by atoms with van der Waals surface area (Å²) in [5, 5.41) is 28.1. The second kappa shape index (κ2) is 4.37. The van der Waals surface area contributed by atoms with E-state index in [0.29, 0.717) is 12.0 Å². The lowest BCUT2D eigenvalue weighted by atomic mass is 9.71. The third kappa shape index (κ3) is 3.25. The van der Waals surface area contributed by atoms with Crippen LogP contribution in [0.5, 0.6) is 0 Å². The van der Waals surface area contributed by atoms with Gasteiger partial charge in [0.05, 0.1) is 0 Å². The smallest absolute Gasteiger partial charge is 0.187 e. The van der Waals surface area contributed by atoms with E-state index >= 15 is 0 Å². The van der Waals surface area contributed by atoms with Crippen LogP contribution in [0, 0.1) is 5.41 Å². The topological polar surface area (TPSA) is 77.8 Å². The van der Waals surface area contributed by atoms with Crippen molar-refractivity contribution in [1.29, 1.82) is 0 Å². The summed E-state index contributed by atoms with van der Waals surface area (Å²) in [4.78, 5) is 11.7. The van der Waals surface area contributed by atoms with Crippen LogP contribution in [-0.2, 0) is 4.79 Å². The van der Waals surface area contributed by atoms with Gasteiger partial charge in [0.2, 0.25) is 0 Å². The van der Waals surface area contributed by atoms with Gasteiger partial charge in [-0.05, 0) is 42.9 Å². The summed E-state index contributed by atoms with van der Waals surface area (Å²) in [5.41, 5.74) is 0.857. The van der Waals surface area contributed by atoms with Crippen LogP contribution in [0.15, 0.2) is 23.3 Å². The van der Waals surface area contributed by atoms with Gasteiger partial charge in [0.1, 0.15) is 6.10 Å². The number of aliphatic hydroxyl groups is 3. The second-order valence-electron chi connectivity index (χ2n) is 5.43. The Balaban J connectivity index is 3.18. The minimum absolute atomic E-state index is 0.290. The quantitative estimate of drug-likeness (QED) is 0.627. The van der Waals surface area contributed by atoms with Gasteiger partial charge in [-0.3, -0.25) is 4.79 Å². The standard InChI is InChI=1S/C13H20O4/c1-8-9(5-6-13(4,16)17)12(2,3)7-10(14)11(8)15/h5-6,10,14,16-17H,7H2,1-4H3/b6-5+. The molecule has 1 aliphatic rings. The van der Waals surface area contributed by atoms with Crippen molar-refractivity contribution in [3.63, 3.8) is 0 Å². The van der Waals surface area contributed by atoms with Crippen molar-refractivity contribution < 1.29 is 20.1 Å². The fourth-order valence-electron chi connectivity index (χ4n) is 2.17. The van der Waals surface area contributed by atoms with Crippen molar-refractivity contribution in [2.24, 2.45) is 5.41 Å². The zero-order valence-electron chi connectivity index (χ0n) is 10.7. The summed E-state index contributed by atoms with van der Waals surface area (Å²) in [7, 11) is 0. The van der Waals surface area contributed by atoms with Crippen LogP contribution in [0.3, 0.4) is 0 Å². The van der Waals surface area contributed by atoms with E-state index in [9.17, 15) is 20.1 Å². The van der Waals surface area contributed by atoms with E-state index < -0.39 is 11.9 Å². The number of allylic oxidation sites excluding steroid dienone is 2. The molecule has 1 atom stereocenters. The lowest BCUT2D eigenvalue weighted by Gasteiger charge is -2.35. The maximum Gasteiger partial charge on any atom is 0.187 e. The van der Waals surface area contributed by atoms with Crippen LogP contribution >= 0.6 is 0 Å². The van der Waals surface area contributed by atoms with E-state index in [-0.39, 0.29) is 11.2 Å². The van der Waals surface area contributed by atoms with Crippen LogP contribution < -0.4 is 0 Å². The minimum atomic E-state index is -1.90. The molecule has 4 nitrogen and oxygen atoms in total. The summed E-state index contributed by atoms with van der Waals surface area (Å²) in [6.07, 6.45) is 2.17. The van der Waals surface area contributed by atoms with E-state index in [0.717, 1.165) is 5.57 Å². The molecule has 0 aromatic carbocycles. The van der Waals surface area contributed by atoms with Gasteiger partial charge in [0.15, 0.2) is 11.6 Å². The molecule has 3 N–H and O–H groups in total. The van der Waals surface area contributed by atoms with Crippen molar-refractivity contribution in [3.05, 3.63) is 23.3 Å². The van der Waals surface area contributed by atoms with E-state index in [2.05, 4.69) is 0 Å². The molecule has 1 unspecified atom stereocenters. The lowest BCUT2D eigenvalue weighted by molar-refractivity contribution is -0.125. The molecular formula is C13H20O4. The fourth-order valence-corrected chi connectivity index (χ4v) is 2.17. The molecule has 0 bridgehead atoms. The zero-order valence-corrected chi connectivity index (χ0v) is 10.7. The Morgan fingerprint density at radius 1 is 1.41 bits per heavy atom. The van der Waals surface area contributed by atoms with Crippen LogP contribution in [0.4, 0.5) is 0 Å². The Hall–Kier alpha value is -0.970. The van der Waals surface area contributed by atoms with Crippen molar-refractivity contribution in [3.8, 4) is 0 Å². The number of hydrogen-bond donors (Lipinski definition) is 3. The van der Waals surface area contributed by atoms with E-state index in [1.165, 1.54) is 13.0 Å². The van der Waals surface area contributed by atoms with Crippen LogP contribution in [0.25, 0.3) is 0 Å². The Morgan fingerprint density at radius 3 is 2.41 bits per heavy atom. The molecule has 0 aromatic heterocycles. The number of hydrogen-bond acceptors (Lipinski definition) is 4. The summed E-state index contributed by atoms with van der Waals surface area (Å²) in [6, 6.07) is 0. The molecule has 1 aliphatic carbocycles. The predicted octanol–water partition coefficient (Wildman–Crippen LogP) is 0.920. The highest BCUT2D eigenvalue weighted by Gasteiger charge is 2.36. The lowest BCUT2D eigenvalue weighted by Crippen LogP contribution is -2.36. The van der Waals surface area contributed by atoms with E-state index in [1.54, 1.807) is 13.0 Å². The number of carbonyl (C=O) groups is 1. The molecule has 4 heteroatoms. The van der Waals surface area contributed by atoms with Gasteiger partial charge in [0, 0.05) is 0 Å². The third-order valence-corrected chi connectivity index (χ3v) is 3.07. The molecule has 0 spiro atoms. The van der Waals surface area contributed by atoms with Gasteiger partial charge >= 0.3 is 0 Å². The maximum atomic E-state index is 11.7. The summed E-state index contributed by atoms with van der Waals surface area (Å²) in [6.45, 7) is 6.72. The van der Waals surface area contributed by atoms with Gasteiger partial charge in [-0.25, -0.2) is 0 Å². The molecule has 0 amide bonds. The monoisotopic (exact) mass is 240 g/mol. The molecule has 1 rings (SSSR count). The maximum absolute atomic E-state index is 11.7. The van der Waals surface area contributed by atoms with Crippen LogP contribution in [-0.4, -0.2) is 33.0 Å². The Morgan fingerprint density at radius 2 is 1.94 bits per heavy atom. The number of Topliss-reactive ketones (excluding diaryl/α,β-unsaturated/α-hetero) is 1. The minimum Gasteiger partial charge on any atom is -0.385 e. The molecule has 96 valence electrons. The number of ketones is 1. The average molecular weight is 240 g/mol. The van der Waals surface area contributed by atoms with Gasteiger partial charge in [-0.15, -0.1) is 0 Å². The highest BCUT2D eigenvalue weighted by molar-refractivity contribution is 6.00. The van der Waals surface area contributed by atoms with Crippen LogP contribution in [0.2, 0.25) is 0 Å². The van der Waals surface area contributed by atoms with Crippen LogP contribution in [0.1, 0.15) is 34.1 Å². The first-order valence-electron chi connectivity index (χ1n) is 5.62. The van der Waals surface area contributed by atoms with Gasteiger partial charge in [-0.1, -0.05) is 19.9 Å². The Labute approximate surface area is 101 Å². The average Bonchev–Trinajstić information content (AvgIpc) is 2.11. The summed E-state index contributed by atoms with van der Waals surface area (Å²) in [5.74, 6) is -2.19. The molecule has 0 aliphatic heterocycles. The highest BCUT2D eigenvalue weighted by atomic mass is 16.5. The number of carbonyl (C=O) groups excluding carboxylic acids is 1. The highest BCUT2D eigenvalue weighted by Crippen LogP contribution is 2.39. The molecule has 0 heterocycles. The zero-order chi connectivity index (χ0) is 13.4. The van der Waals surface area contributed by atoms with E-state index in [1.807, 2.05) is 13.8 Å². The Bertz CT molecular complexity index is 383. The van der Waals surface area contributed by atoms with E-state index in [4.69, 9.17) is 0 Å². The molecule has 0 aromatic rings. The molecule has 0 radical (unpaired) electrons. The first kappa shape index (κ1) is 14.1. The summed E-state index contributed by atoms with van der Waals surface area (Å²) >= 11 is 0.